The zero-order chi connectivity index (χ0) is 14.6. The van der Waals surface area contributed by atoms with Crippen molar-refractivity contribution in [2.45, 2.75) is 32.8 Å². The molecule has 1 fully saturated rings. The van der Waals surface area contributed by atoms with Crippen LogP contribution in [-0.4, -0.2) is 43.5 Å². The third-order valence-corrected chi connectivity index (χ3v) is 3.86. The van der Waals surface area contributed by atoms with Crippen LogP contribution in [0.25, 0.3) is 0 Å². The summed E-state index contributed by atoms with van der Waals surface area (Å²) in [4.78, 5) is 14.8. The molecule has 0 bridgehead atoms. The van der Waals surface area contributed by atoms with E-state index in [0.29, 0.717) is 6.10 Å². The smallest absolute Gasteiger partial charge is 0.169 e. The summed E-state index contributed by atoms with van der Waals surface area (Å²) in [6.45, 7) is 6.58. The molecule has 1 aliphatic rings. The van der Waals surface area contributed by atoms with E-state index in [2.05, 4.69) is 11.9 Å². The van der Waals surface area contributed by atoms with Crippen molar-refractivity contribution >= 4 is 5.78 Å². The normalized spacial score (nSPS) is 19.5. The Kier molecular flexibility index (Phi) is 4.95. The average Bonchev–Trinajstić information content (AvgIpc) is 2.91. The van der Waals surface area contributed by atoms with Crippen LogP contribution in [0.2, 0.25) is 0 Å². The number of hydrogen-bond acceptors (Lipinski definition) is 3. The van der Waals surface area contributed by atoms with Crippen molar-refractivity contribution in [3.05, 3.63) is 35.9 Å². The second-order valence-corrected chi connectivity index (χ2v) is 6.41. The van der Waals surface area contributed by atoms with Crippen LogP contribution in [0.5, 0.6) is 0 Å². The van der Waals surface area contributed by atoms with Crippen LogP contribution >= 0.6 is 0 Å². The lowest BCUT2D eigenvalue weighted by molar-refractivity contribution is 0.0604. The molecule has 20 heavy (non-hydrogen) atoms. The third kappa shape index (κ3) is 3.90. The highest BCUT2D eigenvalue weighted by Crippen LogP contribution is 2.24. The summed E-state index contributed by atoms with van der Waals surface area (Å²) in [7, 11) is 2.07. The van der Waals surface area contributed by atoms with Gasteiger partial charge in [-0.05, 0) is 19.9 Å². The fraction of sp³-hybridized carbons (Fsp3) is 0.588. The van der Waals surface area contributed by atoms with E-state index in [1.165, 1.54) is 0 Å². The van der Waals surface area contributed by atoms with Gasteiger partial charge in [-0.1, -0.05) is 44.2 Å². The first-order chi connectivity index (χ1) is 9.49. The molecule has 1 heterocycles. The van der Waals surface area contributed by atoms with Gasteiger partial charge in [0.25, 0.3) is 0 Å². The van der Waals surface area contributed by atoms with Crippen LogP contribution in [-0.2, 0) is 4.74 Å². The topological polar surface area (TPSA) is 29.5 Å². The number of likely N-dealkylation sites (N-methyl/N-ethyl adjacent to an activating group) is 1. The van der Waals surface area contributed by atoms with Crippen molar-refractivity contribution < 1.29 is 9.53 Å². The van der Waals surface area contributed by atoms with Crippen LogP contribution in [0.15, 0.2) is 30.3 Å². The standard InChI is InChI=1S/C17H25NO2/c1-17(2,16(19)14-8-5-4-6-9-14)13-18(3)12-15-10-7-11-20-15/h4-6,8-9,15H,7,10-13H2,1-3H3. The largest absolute Gasteiger partial charge is 0.377 e. The maximum Gasteiger partial charge on any atom is 0.169 e. The average molecular weight is 275 g/mol. The molecule has 0 spiro atoms. The van der Waals surface area contributed by atoms with Gasteiger partial charge in [0.15, 0.2) is 5.78 Å². The molecule has 1 aromatic carbocycles. The van der Waals surface area contributed by atoms with Crippen LogP contribution in [0.3, 0.4) is 0 Å². The van der Waals surface area contributed by atoms with Gasteiger partial charge in [-0.25, -0.2) is 0 Å². The molecule has 1 saturated heterocycles. The van der Waals surface area contributed by atoms with Crippen LogP contribution < -0.4 is 0 Å². The van der Waals surface area contributed by atoms with Gasteiger partial charge >= 0.3 is 0 Å². The van der Waals surface area contributed by atoms with Gasteiger partial charge in [-0.15, -0.1) is 0 Å². The molecule has 0 radical (unpaired) electrons. The minimum absolute atomic E-state index is 0.206. The Morgan fingerprint density at radius 1 is 1.35 bits per heavy atom. The fourth-order valence-electron chi connectivity index (χ4n) is 2.93. The summed E-state index contributed by atoms with van der Waals surface area (Å²) in [5.41, 5.74) is 0.414. The van der Waals surface area contributed by atoms with E-state index < -0.39 is 0 Å². The van der Waals surface area contributed by atoms with Gasteiger partial charge < -0.3 is 9.64 Å². The zero-order valence-electron chi connectivity index (χ0n) is 12.8. The summed E-state index contributed by atoms with van der Waals surface area (Å²) in [5.74, 6) is 0.206. The van der Waals surface area contributed by atoms with E-state index in [9.17, 15) is 4.79 Å². The van der Waals surface area contributed by atoms with Crippen molar-refractivity contribution in [1.82, 2.24) is 4.90 Å². The zero-order valence-corrected chi connectivity index (χ0v) is 12.8. The Morgan fingerprint density at radius 2 is 2.05 bits per heavy atom. The first-order valence-electron chi connectivity index (χ1n) is 7.39. The van der Waals surface area contributed by atoms with E-state index in [4.69, 9.17) is 4.74 Å². The second kappa shape index (κ2) is 6.51. The molecule has 0 aliphatic carbocycles. The molecule has 1 aromatic rings. The summed E-state index contributed by atoms with van der Waals surface area (Å²) < 4.78 is 5.66. The fourth-order valence-corrected chi connectivity index (χ4v) is 2.93. The van der Waals surface area contributed by atoms with Crippen molar-refractivity contribution in [3.63, 3.8) is 0 Å². The van der Waals surface area contributed by atoms with Crippen LogP contribution in [0.1, 0.15) is 37.0 Å². The molecule has 0 amide bonds. The first-order valence-corrected chi connectivity index (χ1v) is 7.39. The SMILES string of the molecule is CN(CC1CCCO1)CC(C)(C)C(=O)c1ccccc1. The molecule has 0 aromatic heterocycles. The number of rotatable bonds is 6. The molecular formula is C17H25NO2. The van der Waals surface area contributed by atoms with Crippen molar-refractivity contribution in [2.75, 3.05) is 26.7 Å². The van der Waals surface area contributed by atoms with Crippen LogP contribution in [0.4, 0.5) is 0 Å². The predicted molar refractivity (Wildman–Crippen MR) is 81.0 cm³/mol. The summed E-state index contributed by atoms with van der Waals surface area (Å²) in [6.07, 6.45) is 2.63. The van der Waals surface area contributed by atoms with E-state index in [-0.39, 0.29) is 11.2 Å². The Hall–Kier alpha value is -1.19. The van der Waals surface area contributed by atoms with E-state index >= 15 is 0 Å². The van der Waals surface area contributed by atoms with Crippen LogP contribution in [0, 0.1) is 5.41 Å². The van der Waals surface area contributed by atoms with Gasteiger partial charge in [-0.3, -0.25) is 4.79 Å². The van der Waals surface area contributed by atoms with Gasteiger partial charge in [-0.2, -0.15) is 0 Å². The minimum atomic E-state index is -0.380. The molecule has 2 rings (SSSR count). The molecule has 0 saturated carbocycles. The predicted octanol–water partition coefficient (Wildman–Crippen LogP) is 3.01. The summed E-state index contributed by atoms with van der Waals surface area (Å²) in [5, 5.41) is 0. The minimum Gasteiger partial charge on any atom is -0.377 e. The van der Waals surface area contributed by atoms with Crippen molar-refractivity contribution in [1.29, 1.82) is 0 Å². The number of benzene rings is 1. The molecule has 3 nitrogen and oxygen atoms in total. The Morgan fingerprint density at radius 3 is 2.65 bits per heavy atom. The molecule has 1 atom stereocenters. The molecule has 110 valence electrons. The van der Waals surface area contributed by atoms with Gasteiger partial charge in [0.2, 0.25) is 0 Å². The summed E-state index contributed by atoms with van der Waals surface area (Å²) >= 11 is 0. The molecule has 0 N–H and O–H groups in total. The lowest BCUT2D eigenvalue weighted by Gasteiger charge is -2.30. The first kappa shape index (κ1) is 15.2. The maximum absolute atomic E-state index is 12.6. The second-order valence-electron chi connectivity index (χ2n) is 6.41. The third-order valence-electron chi connectivity index (χ3n) is 3.86. The van der Waals surface area contributed by atoms with Crippen molar-refractivity contribution in [3.8, 4) is 0 Å². The Labute approximate surface area is 121 Å². The highest BCUT2D eigenvalue weighted by Gasteiger charge is 2.30. The maximum atomic E-state index is 12.6. The number of carbonyl (C=O) groups excluding carboxylic acids is 1. The molecule has 1 aliphatic heterocycles. The number of carbonyl (C=O) groups is 1. The number of ether oxygens (including phenoxy) is 1. The van der Waals surface area contributed by atoms with E-state index in [0.717, 1.165) is 38.1 Å². The molecular weight excluding hydrogens is 250 g/mol. The lowest BCUT2D eigenvalue weighted by Crippen LogP contribution is -2.40. The lowest BCUT2D eigenvalue weighted by atomic mass is 9.83. The highest BCUT2D eigenvalue weighted by atomic mass is 16.5. The highest BCUT2D eigenvalue weighted by molar-refractivity contribution is 6.00. The van der Waals surface area contributed by atoms with Gasteiger partial charge in [0.05, 0.1) is 6.10 Å². The van der Waals surface area contributed by atoms with E-state index in [1.54, 1.807) is 0 Å². The van der Waals surface area contributed by atoms with Gasteiger partial charge in [0.1, 0.15) is 0 Å². The van der Waals surface area contributed by atoms with Crippen molar-refractivity contribution in [2.24, 2.45) is 5.41 Å². The monoisotopic (exact) mass is 275 g/mol. The van der Waals surface area contributed by atoms with Gasteiger partial charge in [0, 0.05) is 30.7 Å². The van der Waals surface area contributed by atoms with E-state index in [1.807, 2.05) is 44.2 Å². The Bertz CT molecular complexity index is 436. The Balaban J connectivity index is 1.93. The number of Topliss-reactive ketones (excluding diaryl/α,β-unsaturated/α-hetero) is 1. The molecule has 3 heteroatoms. The number of hydrogen-bond donors (Lipinski definition) is 0. The number of ketones is 1. The summed E-state index contributed by atoms with van der Waals surface area (Å²) in [6, 6.07) is 9.56. The number of nitrogens with zero attached hydrogens (tertiary/aromatic N) is 1. The molecule has 1 unspecified atom stereocenters. The quantitative estimate of drug-likeness (QED) is 0.747.